The van der Waals surface area contributed by atoms with Gasteiger partial charge in [-0.2, -0.15) is 0 Å². The summed E-state index contributed by atoms with van der Waals surface area (Å²) < 4.78 is 4.72. The Morgan fingerprint density at radius 1 is 0.737 bits per heavy atom. The van der Waals surface area contributed by atoms with Gasteiger partial charge < -0.3 is 14.9 Å². The van der Waals surface area contributed by atoms with Crippen molar-refractivity contribution < 1.29 is 0 Å². The summed E-state index contributed by atoms with van der Waals surface area (Å²) in [5, 5.41) is 4.93. The Morgan fingerprint density at radius 2 is 1.42 bits per heavy atom. The number of hydrogen-bond donors (Lipinski definition) is 1. The summed E-state index contributed by atoms with van der Waals surface area (Å²) in [6.45, 7) is 17.3. The van der Waals surface area contributed by atoms with E-state index in [0.29, 0.717) is 11.8 Å². The van der Waals surface area contributed by atoms with Crippen molar-refractivity contribution in [3.63, 3.8) is 0 Å². The van der Waals surface area contributed by atoms with Crippen LogP contribution in [0.2, 0.25) is 0 Å². The number of nitrogens with zero attached hydrogens (tertiary/aromatic N) is 3. The SMILES string of the molecule is C=C/C=C(\C(C)=C/C)c1ccc2c(c1)c1cc3c(cc1n2-c1cccnc1)-c1cc2c(cc1C(C)C3C)c1cc(-c3ccccc3C)ccc1n2C(/C=C\C)=C/N. The van der Waals surface area contributed by atoms with Crippen molar-refractivity contribution in [2.75, 3.05) is 0 Å². The van der Waals surface area contributed by atoms with Gasteiger partial charge in [-0.25, -0.2) is 0 Å². The fraction of sp³-hybridized carbons (Fsp3) is 0.151. The van der Waals surface area contributed by atoms with Gasteiger partial charge in [-0.1, -0.05) is 81.1 Å². The minimum absolute atomic E-state index is 0.300. The van der Waals surface area contributed by atoms with Gasteiger partial charge in [-0.15, -0.1) is 0 Å². The van der Waals surface area contributed by atoms with E-state index in [0.717, 1.165) is 27.9 Å². The fourth-order valence-corrected chi connectivity index (χ4v) is 9.30. The zero-order valence-electron chi connectivity index (χ0n) is 33.6. The van der Waals surface area contributed by atoms with Gasteiger partial charge in [0.2, 0.25) is 0 Å². The molecule has 0 spiro atoms. The molecule has 1 aliphatic rings. The molecular formula is C53H48N4. The summed E-state index contributed by atoms with van der Waals surface area (Å²) in [6.07, 6.45) is 15.9. The lowest BCUT2D eigenvalue weighted by Crippen LogP contribution is -2.13. The molecule has 0 saturated heterocycles. The van der Waals surface area contributed by atoms with Crippen molar-refractivity contribution in [2.24, 2.45) is 5.73 Å². The molecule has 2 unspecified atom stereocenters. The van der Waals surface area contributed by atoms with Gasteiger partial charge in [0.1, 0.15) is 0 Å². The first-order valence-electron chi connectivity index (χ1n) is 20.0. The van der Waals surface area contributed by atoms with Crippen LogP contribution in [0.3, 0.4) is 0 Å². The number of allylic oxidation sites excluding steroid dienone is 8. The van der Waals surface area contributed by atoms with Crippen LogP contribution in [-0.4, -0.2) is 14.1 Å². The van der Waals surface area contributed by atoms with Crippen LogP contribution in [0.1, 0.15) is 68.7 Å². The van der Waals surface area contributed by atoms with Crippen molar-refractivity contribution in [1.29, 1.82) is 0 Å². The largest absolute Gasteiger partial charge is 0.403 e. The molecule has 0 radical (unpaired) electrons. The van der Waals surface area contributed by atoms with Crippen LogP contribution in [0, 0.1) is 6.92 Å². The summed E-state index contributed by atoms with van der Waals surface area (Å²) in [4.78, 5) is 4.57. The first kappa shape index (κ1) is 36.0. The molecule has 57 heavy (non-hydrogen) atoms. The Hall–Kier alpha value is -6.65. The standard InChI is InChI=1S/C53H48N4/c1-8-14-38(30-54)56-50-21-20-37(41-18-12-11-16-33(41)5)25-46(50)48-26-42-34(6)35(7)43-27-49-47-24-36(40(15-9-2)32(4)10-3)19-22-51(47)57(39-17-13-23-55-31-39)53(49)29-45(43)44(42)28-52(48)56/h8-31,34-35H,2,54H2,1,3-7H3/b14-8-,32-10-,38-30+,40-15+. The lowest BCUT2D eigenvalue weighted by atomic mass is 9.72. The highest BCUT2D eigenvalue weighted by molar-refractivity contribution is 6.15. The van der Waals surface area contributed by atoms with Gasteiger partial charge >= 0.3 is 0 Å². The molecule has 2 atom stereocenters. The van der Waals surface area contributed by atoms with E-state index in [-0.39, 0.29) is 0 Å². The van der Waals surface area contributed by atoms with Gasteiger partial charge in [0.25, 0.3) is 0 Å². The molecule has 2 N–H and O–H groups in total. The molecule has 4 nitrogen and oxygen atoms in total. The molecule has 0 aliphatic heterocycles. The number of nitrogens with two attached hydrogens (primary N) is 1. The Labute approximate surface area is 335 Å². The summed E-state index contributed by atoms with van der Waals surface area (Å²) in [7, 11) is 0. The van der Waals surface area contributed by atoms with Crippen LogP contribution in [0.25, 0.3) is 82.8 Å². The third kappa shape index (κ3) is 5.62. The molecule has 3 aromatic heterocycles. The number of rotatable bonds is 7. The normalized spacial score (nSPS) is 16.3. The van der Waals surface area contributed by atoms with Gasteiger partial charge in [0.15, 0.2) is 0 Å². The number of aromatic nitrogens is 3. The number of aryl methyl sites for hydroxylation is 1. The third-order valence-corrected chi connectivity index (χ3v) is 12.5. The molecule has 280 valence electrons. The average molecular weight is 741 g/mol. The minimum Gasteiger partial charge on any atom is -0.403 e. The molecule has 8 aromatic rings. The van der Waals surface area contributed by atoms with Gasteiger partial charge in [-0.05, 0) is 162 Å². The maximum absolute atomic E-state index is 6.42. The van der Waals surface area contributed by atoms with Crippen molar-refractivity contribution in [3.05, 3.63) is 180 Å². The van der Waals surface area contributed by atoms with Crippen molar-refractivity contribution in [1.82, 2.24) is 14.1 Å². The molecule has 0 saturated carbocycles. The Kier molecular flexibility index (Phi) is 8.93. The highest BCUT2D eigenvalue weighted by Crippen LogP contribution is 2.51. The summed E-state index contributed by atoms with van der Waals surface area (Å²) in [5.74, 6) is 0.600. The van der Waals surface area contributed by atoms with Crippen LogP contribution in [0.5, 0.6) is 0 Å². The van der Waals surface area contributed by atoms with Gasteiger partial charge in [0, 0.05) is 33.9 Å². The van der Waals surface area contributed by atoms with Gasteiger partial charge in [0.05, 0.1) is 39.6 Å². The number of fused-ring (bicyclic) bond motifs is 9. The van der Waals surface area contributed by atoms with E-state index >= 15 is 0 Å². The Balaban J connectivity index is 1.36. The zero-order chi connectivity index (χ0) is 39.5. The first-order valence-corrected chi connectivity index (χ1v) is 20.0. The molecule has 3 heterocycles. The van der Waals surface area contributed by atoms with Crippen LogP contribution in [-0.2, 0) is 0 Å². The van der Waals surface area contributed by atoms with E-state index in [9.17, 15) is 0 Å². The third-order valence-electron chi connectivity index (χ3n) is 12.5. The number of benzene rings is 5. The highest BCUT2D eigenvalue weighted by atomic mass is 15.0. The van der Waals surface area contributed by atoms with Crippen molar-refractivity contribution in [2.45, 2.75) is 53.4 Å². The average Bonchev–Trinajstić information content (AvgIpc) is 3.73. The second-order valence-corrected chi connectivity index (χ2v) is 15.5. The number of hydrogen-bond acceptors (Lipinski definition) is 2. The van der Waals surface area contributed by atoms with E-state index in [1.54, 1.807) is 6.20 Å². The minimum atomic E-state index is 0.300. The molecule has 0 fully saturated rings. The molecule has 0 amide bonds. The fourth-order valence-electron chi connectivity index (χ4n) is 9.30. The first-order chi connectivity index (χ1) is 27.8. The summed E-state index contributed by atoms with van der Waals surface area (Å²) in [6, 6.07) is 36.4. The van der Waals surface area contributed by atoms with E-state index in [2.05, 4.69) is 171 Å². The maximum atomic E-state index is 6.42. The van der Waals surface area contributed by atoms with E-state index < -0.39 is 0 Å². The summed E-state index contributed by atoms with van der Waals surface area (Å²) >= 11 is 0. The zero-order valence-corrected chi connectivity index (χ0v) is 33.6. The predicted octanol–water partition coefficient (Wildman–Crippen LogP) is 14.0. The maximum Gasteiger partial charge on any atom is 0.0645 e. The lowest BCUT2D eigenvalue weighted by molar-refractivity contribution is 0.617. The molecule has 9 rings (SSSR count). The van der Waals surface area contributed by atoms with E-state index in [1.807, 2.05) is 31.5 Å². The quantitative estimate of drug-likeness (QED) is 0.165. The Bertz CT molecular complexity index is 3050. The smallest absolute Gasteiger partial charge is 0.0645 e. The second kappa shape index (κ2) is 14.1. The summed E-state index contributed by atoms with van der Waals surface area (Å²) in [5.41, 5.74) is 25.6. The van der Waals surface area contributed by atoms with Gasteiger partial charge in [-0.3, -0.25) is 4.98 Å². The van der Waals surface area contributed by atoms with Crippen molar-refractivity contribution >= 4 is 54.9 Å². The van der Waals surface area contributed by atoms with E-state index in [4.69, 9.17) is 5.73 Å². The van der Waals surface area contributed by atoms with E-state index in [1.165, 1.54) is 82.7 Å². The van der Waals surface area contributed by atoms with Crippen LogP contribution in [0.15, 0.2) is 158 Å². The predicted molar refractivity (Wildman–Crippen MR) is 245 cm³/mol. The highest BCUT2D eigenvalue weighted by Gasteiger charge is 2.31. The molecule has 4 heteroatoms. The Morgan fingerprint density at radius 3 is 2.09 bits per heavy atom. The topological polar surface area (TPSA) is 48.8 Å². The molecule has 1 aliphatic carbocycles. The molecule has 0 bridgehead atoms. The van der Waals surface area contributed by atoms with Crippen LogP contribution in [0.4, 0.5) is 0 Å². The molecule has 5 aromatic carbocycles. The molecular weight excluding hydrogens is 693 g/mol. The monoisotopic (exact) mass is 740 g/mol. The second-order valence-electron chi connectivity index (χ2n) is 15.5. The van der Waals surface area contributed by atoms with Crippen molar-refractivity contribution in [3.8, 4) is 27.9 Å². The number of pyridine rings is 1. The van der Waals surface area contributed by atoms with Crippen LogP contribution < -0.4 is 5.73 Å². The van der Waals surface area contributed by atoms with Crippen LogP contribution >= 0.6 is 0 Å². The lowest BCUT2D eigenvalue weighted by Gasteiger charge is -2.32.